The van der Waals surface area contributed by atoms with Gasteiger partial charge in [-0.05, 0) is 45.2 Å². The summed E-state index contributed by atoms with van der Waals surface area (Å²) in [7, 11) is -3.49. The molecule has 0 rings (SSSR count). The summed E-state index contributed by atoms with van der Waals surface area (Å²) in [5.41, 5.74) is 0. The maximum atomic E-state index is 13.3. The average molecular weight is 563 g/mol. The summed E-state index contributed by atoms with van der Waals surface area (Å²) in [6.07, 6.45) is -5.52. The Kier molecular flexibility index (Phi) is 11.6. The number of esters is 2. The normalized spacial score (nSPS) is 14.3. The molecule has 6 nitrogen and oxygen atoms in total. The highest BCUT2D eigenvalue weighted by Crippen LogP contribution is 2.52. The Morgan fingerprint density at radius 1 is 0.771 bits per heavy atom. The van der Waals surface area contributed by atoms with Gasteiger partial charge in [0.1, 0.15) is 6.61 Å². The summed E-state index contributed by atoms with van der Waals surface area (Å²) in [6.45, 7) is 9.73. The third-order valence-corrected chi connectivity index (χ3v) is 10.2. The van der Waals surface area contributed by atoms with Crippen molar-refractivity contribution in [3.05, 3.63) is 12.2 Å². The van der Waals surface area contributed by atoms with Crippen molar-refractivity contribution in [2.24, 2.45) is 0 Å². The lowest BCUT2D eigenvalue weighted by atomic mass is 10.1. The van der Waals surface area contributed by atoms with Crippen molar-refractivity contribution in [2.75, 3.05) is 19.8 Å². The van der Waals surface area contributed by atoms with E-state index in [9.17, 15) is 44.7 Å². The summed E-state index contributed by atoms with van der Waals surface area (Å²) in [5.74, 6) is -22.5. The molecule has 0 aliphatic rings. The third kappa shape index (κ3) is 11.0. The molecule has 0 aromatic rings. The van der Waals surface area contributed by atoms with E-state index in [1.807, 2.05) is 0 Å². The van der Waals surface area contributed by atoms with Crippen molar-refractivity contribution in [3.63, 3.8) is 0 Å². The van der Waals surface area contributed by atoms with Crippen LogP contribution < -0.4 is 0 Å². The van der Waals surface area contributed by atoms with E-state index in [0.29, 0.717) is 13.0 Å². The van der Waals surface area contributed by atoms with Crippen molar-refractivity contribution < 1.29 is 63.0 Å². The Balaban J connectivity index is 4.48. The van der Waals surface area contributed by atoms with Crippen LogP contribution in [0.1, 0.15) is 13.3 Å². The monoisotopic (exact) mass is 562 g/mol. The zero-order valence-corrected chi connectivity index (χ0v) is 22.2. The number of carbonyl (C=O) groups excluding carboxylic acids is 2. The second-order valence-electron chi connectivity index (χ2n) is 9.17. The molecule has 0 aromatic heterocycles. The largest absolute Gasteiger partial charge is 0.473 e. The van der Waals surface area contributed by atoms with Gasteiger partial charge in [-0.15, -0.1) is 0 Å². The Morgan fingerprint density at radius 2 is 1.29 bits per heavy atom. The van der Waals surface area contributed by atoms with Crippen LogP contribution in [0.3, 0.4) is 0 Å². The maximum absolute atomic E-state index is 13.3. The molecule has 206 valence electrons. The SMILES string of the molecule is CC(F)(F)C(F)(F)C(F)(F)C(F)(F)OC(=O)C=CC(=O)OCCOCCC[Si](C)(C)O[Si](C)(C)C. The van der Waals surface area contributed by atoms with Gasteiger partial charge in [0.05, 0.1) is 6.61 Å². The summed E-state index contributed by atoms with van der Waals surface area (Å²) in [5, 5.41) is 0. The molecule has 0 fully saturated rings. The fourth-order valence-electron chi connectivity index (χ4n) is 2.65. The molecule has 35 heavy (non-hydrogen) atoms. The Bertz CT molecular complexity index is 749. The summed E-state index contributed by atoms with van der Waals surface area (Å²) in [4.78, 5) is 22.6. The first kappa shape index (κ1) is 33.5. The maximum Gasteiger partial charge on any atom is 0.473 e. The number of carbonyl (C=O) groups is 2. The first-order valence-corrected chi connectivity index (χ1v) is 16.8. The first-order valence-electron chi connectivity index (χ1n) is 10.3. The van der Waals surface area contributed by atoms with E-state index in [2.05, 4.69) is 42.2 Å². The minimum Gasteiger partial charge on any atom is -0.460 e. The molecule has 0 aromatic carbocycles. The standard InChI is InChI=1S/C19H30F8O6Si2/c1-16(20,21)17(22,23)18(24,25)19(26,27)32-15(29)9-8-14(28)31-12-11-30-10-7-13-35(5,6)33-34(2,3)4/h8-9H,7,10-13H2,1-6H3. The molecule has 0 bridgehead atoms. The number of ether oxygens (including phenoxy) is 3. The lowest BCUT2D eigenvalue weighted by Gasteiger charge is -2.34. The van der Waals surface area contributed by atoms with Crippen LogP contribution >= 0.6 is 0 Å². The fraction of sp³-hybridized carbons (Fsp3) is 0.789. The second kappa shape index (κ2) is 12.1. The Morgan fingerprint density at radius 3 is 1.77 bits per heavy atom. The molecule has 0 spiro atoms. The predicted octanol–water partition coefficient (Wildman–Crippen LogP) is 5.61. The van der Waals surface area contributed by atoms with Crippen molar-refractivity contribution in [1.82, 2.24) is 0 Å². The summed E-state index contributed by atoms with van der Waals surface area (Å²) >= 11 is 0. The van der Waals surface area contributed by atoms with Crippen molar-refractivity contribution >= 4 is 28.6 Å². The van der Waals surface area contributed by atoms with Crippen LogP contribution in [0.5, 0.6) is 0 Å². The van der Waals surface area contributed by atoms with Gasteiger partial charge < -0.3 is 18.3 Å². The number of alkyl halides is 8. The molecule has 0 radical (unpaired) electrons. The minimum absolute atomic E-state index is 0.0501. The van der Waals surface area contributed by atoms with Gasteiger partial charge >= 0.3 is 35.8 Å². The van der Waals surface area contributed by atoms with Crippen LogP contribution in [-0.4, -0.2) is 72.3 Å². The van der Waals surface area contributed by atoms with Crippen LogP contribution in [-0.2, 0) is 27.9 Å². The van der Waals surface area contributed by atoms with Gasteiger partial charge in [0, 0.05) is 25.7 Å². The summed E-state index contributed by atoms with van der Waals surface area (Å²) in [6, 6.07) is 0.841. The predicted molar refractivity (Wildman–Crippen MR) is 114 cm³/mol. The topological polar surface area (TPSA) is 71.1 Å². The van der Waals surface area contributed by atoms with Crippen LogP contribution in [0.15, 0.2) is 12.2 Å². The number of hydrogen-bond donors (Lipinski definition) is 0. The van der Waals surface area contributed by atoms with Crippen molar-refractivity contribution in [2.45, 2.75) is 76.0 Å². The number of hydrogen-bond acceptors (Lipinski definition) is 6. The molecule has 0 saturated heterocycles. The highest BCUT2D eigenvalue weighted by molar-refractivity contribution is 6.84. The van der Waals surface area contributed by atoms with Gasteiger partial charge in [-0.1, -0.05) is 0 Å². The van der Waals surface area contributed by atoms with Gasteiger partial charge in [0.25, 0.3) is 0 Å². The number of rotatable bonds is 15. The van der Waals surface area contributed by atoms with Gasteiger partial charge in [0.2, 0.25) is 0 Å². The van der Waals surface area contributed by atoms with Crippen molar-refractivity contribution in [3.8, 4) is 0 Å². The Labute approximate surface area is 200 Å². The van der Waals surface area contributed by atoms with Crippen LogP contribution in [0.25, 0.3) is 0 Å². The molecule has 0 saturated carbocycles. The molecule has 0 heterocycles. The molecule has 0 aliphatic heterocycles. The lowest BCUT2D eigenvalue weighted by molar-refractivity contribution is -0.413. The molecule has 0 aliphatic carbocycles. The van der Waals surface area contributed by atoms with Crippen molar-refractivity contribution in [1.29, 1.82) is 0 Å². The lowest BCUT2D eigenvalue weighted by Crippen LogP contribution is -2.62. The van der Waals surface area contributed by atoms with E-state index in [1.54, 1.807) is 0 Å². The molecule has 0 atom stereocenters. The van der Waals surface area contributed by atoms with E-state index in [1.165, 1.54) is 0 Å². The molecule has 16 heteroatoms. The van der Waals surface area contributed by atoms with E-state index >= 15 is 0 Å². The smallest absolute Gasteiger partial charge is 0.460 e. The number of halogens is 8. The quantitative estimate of drug-likeness (QED) is 0.0850. The highest BCUT2D eigenvalue weighted by atomic mass is 28.4. The average Bonchev–Trinajstić information content (AvgIpc) is 2.62. The second-order valence-corrected chi connectivity index (χ2v) is 18.2. The molecule has 0 N–H and O–H groups in total. The minimum atomic E-state index is -6.75. The highest BCUT2D eigenvalue weighted by Gasteiger charge is 2.81. The summed E-state index contributed by atoms with van der Waals surface area (Å²) < 4.78 is 124. The molecular weight excluding hydrogens is 532 g/mol. The van der Waals surface area contributed by atoms with Crippen LogP contribution in [0.2, 0.25) is 38.8 Å². The first-order chi connectivity index (χ1) is 15.5. The van der Waals surface area contributed by atoms with E-state index in [0.717, 1.165) is 6.04 Å². The van der Waals surface area contributed by atoms with Gasteiger partial charge in [-0.2, -0.15) is 35.1 Å². The zero-order valence-electron chi connectivity index (χ0n) is 20.2. The van der Waals surface area contributed by atoms with Gasteiger partial charge in [0.15, 0.2) is 16.6 Å². The van der Waals surface area contributed by atoms with E-state index in [4.69, 9.17) is 8.85 Å². The molecule has 0 unspecified atom stereocenters. The Hall–Kier alpha value is -1.53. The zero-order chi connectivity index (χ0) is 27.9. The fourth-order valence-corrected chi connectivity index (χ4v) is 10.7. The van der Waals surface area contributed by atoms with Gasteiger partial charge in [-0.25, -0.2) is 9.59 Å². The van der Waals surface area contributed by atoms with Crippen LogP contribution in [0, 0.1) is 0 Å². The molecular formula is C19H30F8O6Si2. The molecule has 0 amide bonds. The third-order valence-electron chi connectivity index (χ3n) is 4.02. The van der Waals surface area contributed by atoms with Gasteiger partial charge in [-0.3, -0.25) is 0 Å². The van der Waals surface area contributed by atoms with Crippen LogP contribution in [0.4, 0.5) is 35.1 Å². The van der Waals surface area contributed by atoms with E-state index < -0.39 is 59.4 Å². The van der Waals surface area contributed by atoms with E-state index in [-0.39, 0.29) is 25.4 Å².